The summed E-state index contributed by atoms with van der Waals surface area (Å²) >= 11 is 1.77. The highest BCUT2D eigenvalue weighted by Crippen LogP contribution is 2.33. The lowest BCUT2D eigenvalue weighted by Crippen LogP contribution is -2.28. The van der Waals surface area contributed by atoms with Gasteiger partial charge >= 0.3 is 0 Å². The first-order chi connectivity index (χ1) is 7.85. The second kappa shape index (κ2) is 5.71. The third-order valence-electron chi connectivity index (χ3n) is 3.19. The molecule has 0 bridgehead atoms. The summed E-state index contributed by atoms with van der Waals surface area (Å²) in [6.45, 7) is 1.58. The van der Waals surface area contributed by atoms with E-state index in [0.717, 1.165) is 19.6 Å². The van der Waals surface area contributed by atoms with E-state index >= 15 is 0 Å². The summed E-state index contributed by atoms with van der Waals surface area (Å²) < 4.78 is 5.85. The molecule has 0 radical (unpaired) electrons. The predicted molar refractivity (Wildman–Crippen MR) is 68.7 cm³/mol. The number of hydrogen-bond acceptors (Lipinski definition) is 3. The molecule has 1 aliphatic rings. The molecule has 88 valence electrons. The van der Waals surface area contributed by atoms with Crippen molar-refractivity contribution in [3.63, 3.8) is 0 Å². The zero-order valence-electron chi connectivity index (χ0n) is 9.69. The second-order valence-corrected chi connectivity index (χ2v) is 5.08. The van der Waals surface area contributed by atoms with Crippen molar-refractivity contribution in [2.24, 2.45) is 11.7 Å². The number of benzene rings is 1. The molecule has 0 spiro atoms. The SMILES string of the molecule is CSc1ccc(C2OCCCC2CN)cc1. The topological polar surface area (TPSA) is 35.2 Å². The molecule has 1 aromatic rings. The van der Waals surface area contributed by atoms with E-state index in [2.05, 4.69) is 30.5 Å². The van der Waals surface area contributed by atoms with Gasteiger partial charge in [-0.2, -0.15) is 0 Å². The van der Waals surface area contributed by atoms with Gasteiger partial charge in [0.1, 0.15) is 0 Å². The molecule has 16 heavy (non-hydrogen) atoms. The van der Waals surface area contributed by atoms with Crippen molar-refractivity contribution in [2.45, 2.75) is 23.8 Å². The van der Waals surface area contributed by atoms with Gasteiger partial charge in [0.2, 0.25) is 0 Å². The zero-order valence-corrected chi connectivity index (χ0v) is 10.5. The molecule has 2 unspecified atom stereocenters. The Labute approximate surface area is 102 Å². The van der Waals surface area contributed by atoms with E-state index in [4.69, 9.17) is 10.5 Å². The molecule has 2 N–H and O–H groups in total. The van der Waals surface area contributed by atoms with Gasteiger partial charge in [-0.3, -0.25) is 0 Å². The van der Waals surface area contributed by atoms with Gasteiger partial charge in [-0.05, 0) is 43.3 Å². The van der Waals surface area contributed by atoms with Crippen LogP contribution in [0.15, 0.2) is 29.2 Å². The summed E-state index contributed by atoms with van der Waals surface area (Å²) in [6.07, 6.45) is 4.62. The highest BCUT2D eigenvalue weighted by atomic mass is 32.2. The van der Waals surface area contributed by atoms with Crippen molar-refractivity contribution in [1.82, 2.24) is 0 Å². The molecule has 0 saturated carbocycles. The van der Waals surface area contributed by atoms with Gasteiger partial charge < -0.3 is 10.5 Å². The van der Waals surface area contributed by atoms with Crippen molar-refractivity contribution in [3.05, 3.63) is 29.8 Å². The summed E-state index contributed by atoms with van der Waals surface area (Å²) in [7, 11) is 0. The molecule has 0 aliphatic carbocycles. The van der Waals surface area contributed by atoms with Crippen LogP contribution in [-0.2, 0) is 4.74 Å². The minimum atomic E-state index is 0.203. The minimum absolute atomic E-state index is 0.203. The lowest BCUT2D eigenvalue weighted by Gasteiger charge is -2.31. The van der Waals surface area contributed by atoms with Crippen LogP contribution in [0.2, 0.25) is 0 Å². The first kappa shape index (κ1) is 12.0. The number of hydrogen-bond donors (Lipinski definition) is 1. The molecule has 1 aromatic carbocycles. The summed E-state index contributed by atoms with van der Waals surface area (Å²) in [5, 5.41) is 0. The summed E-state index contributed by atoms with van der Waals surface area (Å²) in [4.78, 5) is 1.30. The Morgan fingerprint density at radius 3 is 2.75 bits per heavy atom. The van der Waals surface area contributed by atoms with Gasteiger partial charge in [0.05, 0.1) is 6.10 Å². The fraction of sp³-hybridized carbons (Fsp3) is 0.538. The first-order valence-corrected chi connectivity index (χ1v) is 7.03. The Morgan fingerprint density at radius 2 is 2.12 bits per heavy atom. The Hall–Kier alpha value is -0.510. The van der Waals surface area contributed by atoms with Gasteiger partial charge in [-0.1, -0.05) is 12.1 Å². The van der Waals surface area contributed by atoms with Crippen LogP contribution in [0.1, 0.15) is 24.5 Å². The second-order valence-electron chi connectivity index (χ2n) is 4.20. The number of thioether (sulfide) groups is 1. The molecular formula is C13H19NOS. The molecule has 1 aliphatic heterocycles. The van der Waals surface area contributed by atoms with E-state index in [-0.39, 0.29) is 6.10 Å². The summed E-state index contributed by atoms with van der Waals surface area (Å²) in [5.74, 6) is 0.480. The predicted octanol–water partition coefficient (Wildman–Crippen LogP) is 2.83. The van der Waals surface area contributed by atoms with Crippen LogP contribution in [-0.4, -0.2) is 19.4 Å². The van der Waals surface area contributed by atoms with E-state index in [0.29, 0.717) is 5.92 Å². The fourth-order valence-electron chi connectivity index (χ4n) is 2.25. The van der Waals surface area contributed by atoms with Crippen molar-refractivity contribution in [3.8, 4) is 0 Å². The Balaban J connectivity index is 2.14. The van der Waals surface area contributed by atoms with Crippen LogP contribution in [0.4, 0.5) is 0 Å². The maximum Gasteiger partial charge on any atom is 0.0865 e. The monoisotopic (exact) mass is 237 g/mol. The van der Waals surface area contributed by atoms with Gasteiger partial charge in [0.25, 0.3) is 0 Å². The number of nitrogens with two attached hydrogens (primary N) is 1. The van der Waals surface area contributed by atoms with Crippen LogP contribution in [0.3, 0.4) is 0 Å². The summed E-state index contributed by atoms with van der Waals surface area (Å²) in [6, 6.07) is 8.66. The van der Waals surface area contributed by atoms with Crippen molar-refractivity contribution in [2.75, 3.05) is 19.4 Å². The maximum atomic E-state index is 5.85. The van der Waals surface area contributed by atoms with Crippen LogP contribution < -0.4 is 5.73 Å². The van der Waals surface area contributed by atoms with Gasteiger partial charge in [-0.25, -0.2) is 0 Å². The lowest BCUT2D eigenvalue weighted by molar-refractivity contribution is -0.0251. The third kappa shape index (κ3) is 2.59. The molecule has 2 atom stereocenters. The van der Waals surface area contributed by atoms with Crippen LogP contribution >= 0.6 is 11.8 Å². The van der Waals surface area contributed by atoms with Gasteiger partial charge in [0, 0.05) is 17.4 Å². The normalized spacial score (nSPS) is 25.6. The highest BCUT2D eigenvalue weighted by molar-refractivity contribution is 7.98. The van der Waals surface area contributed by atoms with Crippen LogP contribution in [0.25, 0.3) is 0 Å². The summed E-state index contributed by atoms with van der Waals surface area (Å²) in [5.41, 5.74) is 7.07. The van der Waals surface area contributed by atoms with Crippen LogP contribution in [0, 0.1) is 5.92 Å². The van der Waals surface area contributed by atoms with Gasteiger partial charge in [0.15, 0.2) is 0 Å². The fourth-order valence-corrected chi connectivity index (χ4v) is 2.65. The zero-order chi connectivity index (χ0) is 11.4. The molecular weight excluding hydrogens is 218 g/mol. The Kier molecular flexibility index (Phi) is 4.27. The minimum Gasteiger partial charge on any atom is -0.373 e. The Bertz CT molecular complexity index is 325. The van der Waals surface area contributed by atoms with Crippen molar-refractivity contribution < 1.29 is 4.74 Å². The maximum absolute atomic E-state index is 5.85. The molecule has 2 rings (SSSR count). The van der Waals surface area contributed by atoms with E-state index in [9.17, 15) is 0 Å². The average molecular weight is 237 g/mol. The molecule has 0 aromatic heterocycles. The molecule has 2 nitrogen and oxygen atoms in total. The molecule has 1 fully saturated rings. The highest BCUT2D eigenvalue weighted by Gasteiger charge is 2.25. The molecule has 3 heteroatoms. The largest absolute Gasteiger partial charge is 0.373 e. The van der Waals surface area contributed by atoms with Crippen LogP contribution in [0.5, 0.6) is 0 Å². The molecule has 1 saturated heterocycles. The lowest BCUT2D eigenvalue weighted by atomic mass is 9.90. The van der Waals surface area contributed by atoms with E-state index in [1.807, 2.05) is 0 Å². The smallest absolute Gasteiger partial charge is 0.0865 e. The first-order valence-electron chi connectivity index (χ1n) is 5.80. The van der Waals surface area contributed by atoms with E-state index in [1.165, 1.54) is 16.9 Å². The van der Waals surface area contributed by atoms with Gasteiger partial charge in [-0.15, -0.1) is 11.8 Å². The number of ether oxygens (including phenoxy) is 1. The van der Waals surface area contributed by atoms with E-state index < -0.39 is 0 Å². The average Bonchev–Trinajstić information content (AvgIpc) is 2.39. The molecule has 1 heterocycles. The van der Waals surface area contributed by atoms with Crippen molar-refractivity contribution in [1.29, 1.82) is 0 Å². The molecule has 0 amide bonds. The third-order valence-corrected chi connectivity index (χ3v) is 3.94. The van der Waals surface area contributed by atoms with E-state index in [1.54, 1.807) is 11.8 Å². The quantitative estimate of drug-likeness (QED) is 0.821. The Morgan fingerprint density at radius 1 is 1.38 bits per heavy atom. The van der Waals surface area contributed by atoms with Crippen molar-refractivity contribution >= 4 is 11.8 Å². The number of rotatable bonds is 3. The standard InChI is InChI=1S/C13H19NOS/c1-16-12-6-4-10(5-7-12)13-11(9-14)3-2-8-15-13/h4-7,11,13H,2-3,8-9,14H2,1H3.